The second kappa shape index (κ2) is 9.07. The lowest BCUT2D eigenvalue weighted by Crippen LogP contribution is -2.38. The van der Waals surface area contributed by atoms with Gasteiger partial charge in [0.05, 0.1) is 5.60 Å². The Morgan fingerprint density at radius 1 is 0.800 bits per heavy atom. The molecule has 0 radical (unpaired) electrons. The van der Waals surface area contributed by atoms with Crippen LogP contribution in [0.3, 0.4) is 0 Å². The van der Waals surface area contributed by atoms with Crippen LogP contribution in [0.1, 0.15) is 117 Å². The second-order valence-electron chi connectivity index (χ2n) is 9.48. The molecule has 0 saturated heterocycles. The van der Waals surface area contributed by atoms with Crippen molar-refractivity contribution in [1.29, 1.82) is 0 Å². The van der Waals surface area contributed by atoms with E-state index in [1.807, 2.05) is 0 Å². The Bertz CT molecular complexity index is 433. The van der Waals surface area contributed by atoms with Crippen LogP contribution >= 0.6 is 0 Å². The normalized spacial score (nSPS) is 37.3. The Kier molecular flexibility index (Phi) is 7.06. The van der Waals surface area contributed by atoms with Crippen LogP contribution in [0.25, 0.3) is 0 Å². The minimum absolute atomic E-state index is 0.430. The van der Waals surface area contributed by atoms with Gasteiger partial charge in [-0.25, -0.2) is 0 Å². The molecule has 25 heavy (non-hydrogen) atoms. The van der Waals surface area contributed by atoms with Crippen molar-refractivity contribution in [3.8, 4) is 0 Å². The van der Waals surface area contributed by atoms with Gasteiger partial charge >= 0.3 is 0 Å². The van der Waals surface area contributed by atoms with Gasteiger partial charge < -0.3 is 5.11 Å². The van der Waals surface area contributed by atoms with Crippen molar-refractivity contribution in [3.63, 3.8) is 0 Å². The van der Waals surface area contributed by atoms with Crippen LogP contribution in [0.5, 0.6) is 0 Å². The summed E-state index contributed by atoms with van der Waals surface area (Å²) in [6.45, 7) is 4.63. The summed E-state index contributed by atoms with van der Waals surface area (Å²) >= 11 is 0. The monoisotopic (exact) mass is 346 g/mol. The van der Waals surface area contributed by atoms with E-state index in [4.69, 9.17) is 0 Å². The first-order valence-corrected chi connectivity index (χ1v) is 11.6. The van der Waals surface area contributed by atoms with Gasteiger partial charge in [-0.3, -0.25) is 0 Å². The predicted octanol–water partition coefficient (Wildman–Crippen LogP) is 7.18. The van der Waals surface area contributed by atoms with Gasteiger partial charge in [0, 0.05) is 0 Å². The molecule has 0 unspecified atom stereocenters. The fourth-order valence-electron chi connectivity index (χ4n) is 6.27. The standard InChI is InChI=1S/C24H42O/c1-3-7-19-11-13-21(14-12-19)22-9-5-6-10-23(22)24(25)17-15-20(8-4-2)16-18-24/h19-21,25H,3-18H2,1-2H3. The molecule has 0 atom stereocenters. The topological polar surface area (TPSA) is 20.2 Å². The second-order valence-corrected chi connectivity index (χ2v) is 9.48. The zero-order valence-corrected chi connectivity index (χ0v) is 17.0. The fourth-order valence-corrected chi connectivity index (χ4v) is 6.27. The lowest BCUT2D eigenvalue weighted by molar-refractivity contribution is 0.0166. The zero-order chi connectivity index (χ0) is 17.7. The van der Waals surface area contributed by atoms with Gasteiger partial charge in [0.15, 0.2) is 0 Å². The van der Waals surface area contributed by atoms with Crippen molar-refractivity contribution in [1.82, 2.24) is 0 Å². The van der Waals surface area contributed by atoms with E-state index in [0.717, 1.165) is 30.6 Å². The molecule has 1 nitrogen and oxygen atoms in total. The summed E-state index contributed by atoms with van der Waals surface area (Å²) in [6.07, 6.45) is 20.9. The average Bonchev–Trinajstić information content (AvgIpc) is 2.65. The van der Waals surface area contributed by atoms with E-state index in [2.05, 4.69) is 13.8 Å². The van der Waals surface area contributed by atoms with Crippen molar-refractivity contribution >= 4 is 0 Å². The van der Waals surface area contributed by atoms with E-state index in [1.54, 1.807) is 5.57 Å². The first kappa shape index (κ1) is 19.5. The van der Waals surface area contributed by atoms with Crippen molar-refractivity contribution in [2.75, 3.05) is 0 Å². The molecule has 3 rings (SSSR count). The number of rotatable bonds is 6. The Hall–Kier alpha value is -0.300. The van der Waals surface area contributed by atoms with Gasteiger partial charge in [-0.15, -0.1) is 0 Å². The number of hydrogen-bond acceptors (Lipinski definition) is 1. The third kappa shape index (κ3) is 4.71. The van der Waals surface area contributed by atoms with E-state index >= 15 is 0 Å². The summed E-state index contributed by atoms with van der Waals surface area (Å²) in [5, 5.41) is 11.6. The van der Waals surface area contributed by atoms with Crippen LogP contribution < -0.4 is 0 Å². The molecule has 0 aromatic heterocycles. The molecule has 2 fully saturated rings. The van der Waals surface area contributed by atoms with Crippen LogP contribution in [0.4, 0.5) is 0 Å². The number of aliphatic hydroxyl groups is 1. The SMILES string of the molecule is CCCC1CCC(C2=C(C3(O)CCC(CCC)CC3)CCCC2)CC1. The highest BCUT2D eigenvalue weighted by Crippen LogP contribution is 2.47. The molecule has 1 N–H and O–H groups in total. The minimum Gasteiger partial charge on any atom is -0.386 e. The maximum Gasteiger partial charge on any atom is 0.0859 e. The summed E-state index contributed by atoms with van der Waals surface area (Å²) in [7, 11) is 0. The van der Waals surface area contributed by atoms with Gasteiger partial charge in [0.1, 0.15) is 0 Å². The highest BCUT2D eigenvalue weighted by atomic mass is 16.3. The molecule has 2 saturated carbocycles. The summed E-state index contributed by atoms with van der Waals surface area (Å²) in [4.78, 5) is 0. The molecule has 0 heterocycles. The highest BCUT2D eigenvalue weighted by molar-refractivity contribution is 5.29. The van der Waals surface area contributed by atoms with E-state index in [1.165, 1.54) is 95.5 Å². The quantitative estimate of drug-likeness (QED) is 0.505. The Morgan fingerprint density at radius 2 is 1.36 bits per heavy atom. The lowest BCUT2D eigenvalue weighted by Gasteiger charge is -2.43. The maximum atomic E-state index is 11.6. The number of hydrogen-bond donors (Lipinski definition) is 1. The molecular weight excluding hydrogens is 304 g/mol. The average molecular weight is 347 g/mol. The molecule has 1 heteroatoms. The maximum absolute atomic E-state index is 11.6. The van der Waals surface area contributed by atoms with Crippen LogP contribution in [-0.2, 0) is 0 Å². The summed E-state index contributed by atoms with van der Waals surface area (Å²) in [5.74, 6) is 2.67. The van der Waals surface area contributed by atoms with Crippen LogP contribution in [-0.4, -0.2) is 10.7 Å². The van der Waals surface area contributed by atoms with Crippen molar-refractivity contribution in [3.05, 3.63) is 11.1 Å². The lowest BCUT2D eigenvalue weighted by atomic mass is 9.66. The van der Waals surface area contributed by atoms with Gasteiger partial charge in [0.25, 0.3) is 0 Å². The molecule has 0 spiro atoms. The molecule has 0 bridgehead atoms. The first-order valence-electron chi connectivity index (χ1n) is 11.6. The third-order valence-electron chi connectivity index (χ3n) is 7.74. The molecule has 0 aromatic carbocycles. The van der Waals surface area contributed by atoms with Crippen LogP contribution in [0.15, 0.2) is 11.1 Å². The van der Waals surface area contributed by atoms with E-state index in [-0.39, 0.29) is 0 Å². The van der Waals surface area contributed by atoms with Crippen molar-refractivity contribution in [2.24, 2.45) is 17.8 Å². The minimum atomic E-state index is -0.430. The van der Waals surface area contributed by atoms with E-state index < -0.39 is 5.60 Å². The summed E-state index contributed by atoms with van der Waals surface area (Å²) in [5.41, 5.74) is 2.84. The van der Waals surface area contributed by atoms with E-state index in [0.29, 0.717) is 0 Å². The molecule has 0 amide bonds. The molecule has 0 aromatic rings. The Morgan fingerprint density at radius 3 is 1.96 bits per heavy atom. The predicted molar refractivity (Wildman–Crippen MR) is 108 cm³/mol. The first-order chi connectivity index (χ1) is 12.2. The van der Waals surface area contributed by atoms with Gasteiger partial charge in [-0.05, 0) is 100 Å². The highest BCUT2D eigenvalue weighted by Gasteiger charge is 2.39. The Balaban J connectivity index is 1.69. The third-order valence-corrected chi connectivity index (χ3v) is 7.74. The van der Waals surface area contributed by atoms with Gasteiger partial charge in [-0.2, -0.15) is 0 Å². The van der Waals surface area contributed by atoms with E-state index in [9.17, 15) is 5.11 Å². The Labute approximate surface area is 156 Å². The van der Waals surface area contributed by atoms with Crippen LogP contribution in [0.2, 0.25) is 0 Å². The van der Waals surface area contributed by atoms with Crippen molar-refractivity contribution in [2.45, 2.75) is 122 Å². The van der Waals surface area contributed by atoms with Crippen LogP contribution in [0, 0.1) is 17.8 Å². The number of allylic oxidation sites excluding steroid dienone is 1. The summed E-state index contributed by atoms with van der Waals surface area (Å²) < 4.78 is 0. The molecule has 0 aliphatic heterocycles. The molecule has 3 aliphatic carbocycles. The molecule has 3 aliphatic rings. The largest absolute Gasteiger partial charge is 0.386 e. The molecular formula is C24H42O. The smallest absolute Gasteiger partial charge is 0.0859 e. The van der Waals surface area contributed by atoms with Gasteiger partial charge in [0.2, 0.25) is 0 Å². The summed E-state index contributed by atoms with van der Waals surface area (Å²) in [6, 6.07) is 0. The fraction of sp³-hybridized carbons (Fsp3) is 0.917. The van der Waals surface area contributed by atoms with Gasteiger partial charge in [-0.1, -0.05) is 45.1 Å². The molecule has 144 valence electrons. The zero-order valence-electron chi connectivity index (χ0n) is 17.0. The van der Waals surface area contributed by atoms with Crippen molar-refractivity contribution < 1.29 is 5.11 Å².